The third-order valence-corrected chi connectivity index (χ3v) is 4.21. The topological polar surface area (TPSA) is 55.9 Å². The molecule has 0 amide bonds. The van der Waals surface area contributed by atoms with Crippen LogP contribution in [0.5, 0.6) is 0 Å². The maximum atomic E-state index is 6.00. The number of hydrogen-bond acceptors (Lipinski definition) is 3. The molecule has 1 heterocycles. The number of halogens is 2. The second-order valence-corrected chi connectivity index (χ2v) is 5.56. The highest BCUT2D eigenvalue weighted by molar-refractivity contribution is 9.10. The standard InChI is InChI=1S/C13H16BrClN4/c1-2-19-8-9(7-17-19)5-13(18-16)10-3-4-12(15)11(14)6-10/h3-4,6-8,13,18H,2,5,16H2,1H3. The Kier molecular flexibility index (Phi) is 4.99. The van der Waals surface area contributed by atoms with Gasteiger partial charge in [0.15, 0.2) is 0 Å². The number of nitrogens with zero attached hydrogens (tertiary/aromatic N) is 2. The predicted molar refractivity (Wildman–Crippen MR) is 80.8 cm³/mol. The Hall–Kier alpha value is -0.880. The summed E-state index contributed by atoms with van der Waals surface area (Å²) in [4.78, 5) is 0. The van der Waals surface area contributed by atoms with Crippen LogP contribution < -0.4 is 11.3 Å². The lowest BCUT2D eigenvalue weighted by Crippen LogP contribution is -2.29. The van der Waals surface area contributed by atoms with Crippen LogP contribution in [-0.2, 0) is 13.0 Å². The van der Waals surface area contributed by atoms with Gasteiger partial charge in [-0.1, -0.05) is 17.7 Å². The summed E-state index contributed by atoms with van der Waals surface area (Å²) in [6.45, 7) is 2.93. The molecule has 1 aromatic carbocycles. The van der Waals surface area contributed by atoms with Gasteiger partial charge in [0.1, 0.15) is 0 Å². The molecule has 19 heavy (non-hydrogen) atoms. The van der Waals surface area contributed by atoms with Gasteiger partial charge in [-0.25, -0.2) is 0 Å². The van der Waals surface area contributed by atoms with Gasteiger partial charge < -0.3 is 0 Å². The van der Waals surface area contributed by atoms with Crippen molar-refractivity contribution >= 4 is 27.5 Å². The van der Waals surface area contributed by atoms with Gasteiger partial charge in [0.25, 0.3) is 0 Å². The van der Waals surface area contributed by atoms with E-state index in [4.69, 9.17) is 17.4 Å². The highest BCUT2D eigenvalue weighted by atomic mass is 79.9. The molecule has 2 rings (SSSR count). The molecule has 0 bridgehead atoms. The first-order chi connectivity index (χ1) is 9.13. The highest BCUT2D eigenvalue weighted by Crippen LogP contribution is 2.27. The van der Waals surface area contributed by atoms with E-state index in [2.05, 4.69) is 33.4 Å². The summed E-state index contributed by atoms with van der Waals surface area (Å²) in [6.07, 6.45) is 4.69. The fourth-order valence-electron chi connectivity index (χ4n) is 1.92. The maximum Gasteiger partial charge on any atom is 0.0548 e. The lowest BCUT2D eigenvalue weighted by Gasteiger charge is -2.16. The molecular formula is C13H16BrClN4. The summed E-state index contributed by atoms with van der Waals surface area (Å²) in [7, 11) is 0. The van der Waals surface area contributed by atoms with Crippen molar-refractivity contribution in [2.24, 2.45) is 5.84 Å². The number of benzene rings is 1. The van der Waals surface area contributed by atoms with E-state index in [0.29, 0.717) is 5.02 Å². The molecule has 0 aliphatic rings. The lowest BCUT2D eigenvalue weighted by molar-refractivity contribution is 0.551. The molecule has 1 atom stereocenters. The smallest absolute Gasteiger partial charge is 0.0548 e. The number of aromatic nitrogens is 2. The average Bonchev–Trinajstić information content (AvgIpc) is 2.87. The normalized spacial score (nSPS) is 12.6. The summed E-state index contributed by atoms with van der Waals surface area (Å²) in [5, 5.41) is 4.96. The van der Waals surface area contributed by atoms with E-state index in [0.717, 1.165) is 28.6 Å². The van der Waals surface area contributed by atoms with Gasteiger partial charge in [-0.05, 0) is 52.5 Å². The molecular weight excluding hydrogens is 328 g/mol. The average molecular weight is 344 g/mol. The van der Waals surface area contributed by atoms with Crippen LogP contribution in [0, 0.1) is 0 Å². The molecule has 0 saturated heterocycles. The third-order valence-electron chi connectivity index (χ3n) is 3.00. The van der Waals surface area contributed by atoms with Gasteiger partial charge in [-0.3, -0.25) is 16.0 Å². The third kappa shape index (κ3) is 3.57. The van der Waals surface area contributed by atoms with Gasteiger partial charge in [0.2, 0.25) is 0 Å². The van der Waals surface area contributed by atoms with E-state index in [1.807, 2.05) is 35.3 Å². The van der Waals surface area contributed by atoms with E-state index in [9.17, 15) is 0 Å². The Bertz CT molecular complexity index is 555. The minimum atomic E-state index is 0.0306. The van der Waals surface area contributed by atoms with Crippen LogP contribution in [-0.4, -0.2) is 9.78 Å². The molecule has 0 aliphatic heterocycles. The molecule has 102 valence electrons. The van der Waals surface area contributed by atoms with Crippen LogP contribution in [0.25, 0.3) is 0 Å². The Morgan fingerprint density at radius 3 is 2.89 bits per heavy atom. The Morgan fingerprint density at radius 2 is 2.32 bits per heavy atom. The maximum absolute atomic E-state index is 6.00. The van der Waals surface area contributed by atoms with Crippen molar-refractivity contribution in [3.8, 4) is 0 Å². The zero-order valence-electron chi connectivity index (χ0n) is 10.6. The van der Waals surface area contributed by atoms with Crippen molar-refractivity contribution in [1.29, 1.82) is 0 Å². The van der Waals surface area contributed by atoms with Crippen LogP contribution in [0.4, 0.5) is 0 Å². The molecule has 2 aromatic rings. The SMILES string of the molecule is CCn1cc(CC(NN)c2ccc(Cl)c(Br)c2)cn1. The molecule has 0 aliphatic carbocycles. The molecule has 3 N–H and O–H groups in total. The van der Waals surface area contributed by atoms with Crippen molar-refractivity contribution in [3.63, 3.8) is 0 Å². The number of rotatable bonds is 5. The predicted octanol–water partition coefficient (Wildman–Crippen LogP) is 3.07. The number of nitrogens with two attached hydrogens (primary N) is 1. The van der Waals surface area contributed by atoms with Crippen LogP contribution in [0.3, 0.4) is 0 Å². The summed E-state index contributed by atoms with van der Waals surface area (Å²) in [6, 6.07) is 5.85. The Balaban J connectivity index is 2.17. The fraction of sp³-hybridized carbons (Fsp3) is 0.308. The van der Waals surface area contributed by atoms with E-state index < -0.39 is 0 Å². The van der Waals surface area contributed by atoms with Crippen LogP contribution in [0.2, 0.25) is 5.02 Å². The van der Waals surface area contributed by atoms with E-state index in [1.54, 1.807) is 0 Å². The fourth-order valence-corrected chi connectivity index (χ4v) is 2.44. The number of nitrogens with one attached hydrogen (secondary N) is 1. The molecule has 1 unspecified atom stereocenters. The molecule has 0 spiro atoms. The van der Waals surface area contributed by atoms with Crippen LogP contribution >= 0.6 is 27.5 Å². The van der Waals surface area contributed by atoms with Crippen molar-refractivity contribution in [2.45, 2.75) is 25.9 Å². The van der Waals surface area contributed by atoms with Gasteiger partial charge in [0.05, 0.1) is 17.3 Å². The molecule has 6 heteroatoms. The van der Waals surface area contributed by atoms with Crippen molar-refractivity contribution < 1.29 is 0 Å². The van der Waals surface area contributed by atoms with Gasteiger partial charge >= 0.3 is 0 Å². The largest absolute Gasteiger partial charge is 0.273 e. The Labute approximate surface area is 126 Å². The molecule has 0 saturated carbocycles. The van der Waals surface area contributed by atoms with Crippen LogP contribution in [0.15, 0.2) is 35.1 Å². The monoisotopic (exact) mass is 342 g/mol. The van der Waals surface area contributed by atoms with Crippen molar-refractivity contribution in [3.05, 3.63) is 51.2 Å². The highest BCUT2D eigenvalue weighted by Gasteiger charge is 2.13. The second-order valence-electron chi connectivity index (χ2n) is 4.30. The van der Waals surface area contributed by atoms with Gasteiger partial charge in [-0.2, -0.15) is 5.10 Å². The molecule has 4 nitrogen and oxygen atoms in total. The summed E-state index contributed by atoms with van der Waals surface area (Å²) >= 11 is 9.43. The zero-order chi connectivity index (χ0) is 13.8. The number of aryl methyl sites for hydroxylation is 1. The zero-order valence-corrected chi connectivity index (χ0v) is 12.9. The van der Waals surface area contributed by atoms with Gasteiger partial charge in [0, 0.05) is 17.2 Å². The first kappa shape index (κ1) is 14.5. The summed E-state index contributed by atoms with van der Waals surface area (Å²) in [5.74, 6) is 5.65. The minimum absolute atomic E-state index is 0.0306. The summed E-state index contributed by atoms with van der Waals surface area (Å²) in [5.41, 5.74) is 5.07. The van der Waals surface area contributed by atoms with E-state index in [-0.39, 0.29) is 6.04 Å². The van der Waals surface area contributed by atoms with E-state index in [1.165, 1.54) is 0 Å². The van der Waals surface area contributed by atoms with Crippen molar-refractivity contribution in [1.82, 2.24) is 15.2 Å². The van der Waals surface area contributed by atoms with E-state index >= 15 is 0 Å². The minimum Gasteiger partial charge on any atom is -0.273 e. The molecule has 1 aromatic heterocycles. The first-order valence-electron chi connectivity index (χ1n) is 6.06. The second kappa shape index (κ2) is 6.52. The number of hydrogen-bond donors (Lipinski definition) is 2. The summed E-state index contributed by atoms with van der Waals surface area (Å²) < 4.78 is 2.77. The van der Waals surface area contributed by atoms with Gasteiger partial charge in [-0.15, -0.1) is 0 Å². The number of hydrazine groups is 1. The Morgan fingerprint density at radius 1 is 1.53 bits per heavy atom. The molecule has 0 fully saturated rings. The lowest BCUT2D eigenvalue weighted by atomic mass is 10.0. The van der Waals surface area contributed by atoms with Crippen LogP contribution in [0.1, 0.15) is 24.1 Å². The quantitative estimate of drug-likeness (QED) is 0.648. The first-order valence-corrected chi connectivity index (χ1v) is 7.23. The molecule has 0 radical (unpaired) electrons. The van der Waals surface area contributed by atoms with Crippen molar-refractivity contribution in [2.75, 3.05) is 0 Å².